The first-order chi connectivity index (χ1) is 15.0. The van der Waals surface area contributed by atoms with Crippen LogP contribution in [0.1, 0.15) is 46.6 Å². The van der Waals surface area contributed by atoms with Crippen LogP contribution < -0.4 is 20.9 Å². The summed E-state index contributed by atoms with van der Waals surface area (Å²) in [5, 5.41) is 9.81. The Hall–Kier alpha value is -3.68. The van der Waals surface area contributed by atoms with Gasteiger partial charge in [0, 0.05) is 30.7 Å². The first kappa shape index (κ1) is 19.3. The molecular formula is C23H25N7O. The second-order valence-corrected chi connectivity index (χ2v) is 8.02. The molecule has 4 heterocycles. The molecule has 1 aromatic carbocycles. The van der Waals surface area contributed by atoms with Gasteiger partial charge in [-0.15, -0.1) is 0 Å². The van der Waals surface area contributed by atoms with E-state index in [1.54, 1.807) is 6.20 Å². The fourth-order valence-electron chi connectivity index (χ4n) is 4.11. The molecule has 158 valence electrons. The number of carbonyl (C=O) groups is 1. The van der Waals surface area contributed by atoms with Crippen molar-refractivity contribution in [3.05, 3.63) is 65.4 Å². The van der Waals surface area contributed by atoms with Gasteiger partial charge < -0.3 is 20.9 Å². The highest BCUT2D eigenvalue weighted by Gasteiger charge is 2.23. The summed E-state index contributed by atoms with van der Waals surface area (Å²) in [6.07, 6.45) is 3.90. The number of aromatic nitrogens is 3. The molecule has 3 N–H and O–H groups in total. The number of hydrogen-bond donors (Lipinski definition) is 3. The van der Waals surface area contributed by atoms with E-state index in [2.05, 4.69) is 35.8 Å². The second kappa shape index (κ2) is 7.86. The minimum absolute atomic E-state index is 0.135. The number of rotatable bonds is 4. The first-order valence-corrected chi connectivity index (χ1v) is 10.6. The zero-order valence-electron chi connectivity index (χ0n) is 17.6. The van der Waals surface area contributed by atoms with Crippen molar-refractivity contribution >= 4 is 28.8 Å². The SMILES string of the molecule is Cc1cc(C2Nc3ccc(NC(=O)c4ccc(N5CCCC5)nc4)cc3N2)nc(C)n1. The van der Waals surface area contributed by atoms with Crippen molar-refractivity contribution in [2.45, 2.75) is 32.9 Å². The predicted molar refractivity (Wildman–Crippen MR) is 122 cm³/mol. The molecule has 0 spiro atoms. The fourth-order valence-corrected chi connectivity index (χ4v) is 4.11. The molecule has 1 amide bonds. The van der Waals surface area contributed by atoms with Crippen LogP contribution in [0.25, 0.3) is 0 Å². The molecular weight excluding hydrogens is 390 g/mol. The quantitative estimate of drug-likeness (QED) is 0.595. The largest absolute Gasteiger partial charge is 0.359 e. The molecule has 2 aliphatic rings. The van der Waals surface area contributed by atoms with Crippen molar-refractivity contribution in [1.82, 2.24) is 15.0 Å². The molecule has 3 aromatic rings. The number of anilines is 4. The Morgan fingerprint density at radius 2 is 1.84 bits per heavy atom. The number of nitrogens with one attached hydrogen (secondary N) is 3. The standard InChI is InChI=1S/C23H25N7O/c1-14-11-20(26-15(2)25-14)22-28-18-7-6-17(12-19(18)29-22)27-23(31)16-5-8-21(24-13-16)30-9-3-4-10-30/h5-8,11-13,22,28-29H,3-4,9-10H2,1-2H3,(H,27,31). The summed E-state index contributed by atoms with van der Waals surface area (Å²) in [7, 11) is 0. The number of amides is 1. The summed E-state index contributed by atoms with van der Waals surface area (Å²) in [6.45, 7) is 5.91. The Morgan fingerprint density at radius 1 is 1.03 bits per heavy atom. The summed E-state index contributed by atoms with van der Waals surface area (Å²) in [5.74, 6) is 1.50. The molecule has 5 rings (SSSR count). The topological polar surface area (TPSA) is 95.1 Å². The maximum absolute atomic E-state index is 12.7. The van der Waals surface area contributed by atoms with E-state index in [1.165, 1.54) is 12.8 Å². The van der Waals surface area contributed by atoms with Gasteiger partial charge in [-0.2, -0.15) is 0 Å². The third-order valence-electron chi connectivity index (χ3n) is 5.60. The van der Waals surface area contributed by atoms with Gasteiger partial charge in [0.25, 0.3) is 5.91 Å². The van der Waals surface area contributed by atoms with Crippen LogP contribution in [-0.2, 0) is 0 Å². The van der Waals surface area contributed by atoms with Gasteiger partial charge in [-0.3, -0.25) is 4.79 Å². The van der Waals surface area contributed by atoms with Gasteiger partial charge in [0.15, 0.2) is 0 Å². The van der Waals surface area contributed by atoms with E-state index in [4.69, 9.17) is 0 Å². The molecule has 2 aromatic heterocycles. The number of benzene rings is 1. The molecule has 8 heteroatoms. The van der Waals surface area contributed by atoms with E-state index in [0.29, 0.717) is 5.56 Å². The third-order valence-corrected chi connectivity index (χ3v) is 5.60. The lowest BCUT2D eigenvalue weighted by Crippen LogP contribution is -2.19. The molecule has 1 unspecified atom stereocenters. The summed E-state index contributed by atoms with van der Waals surface area (Å²) in [6, 6.07) is 11.5. The molecule has 1 fully saturated rings. The van der Waals surface area contributed by atoms with E-state index in [1.807, 2.05) is 50.2 Å². The zero-order chi connectivity index (χ0) is 21.4. The minimum Gasteiger partial charge on any atom is -0.359 e. The Morgan fingerprint density at radius 3 is 2.58 bits per heavy atom. The van der Waals surface area contributed by atoms with E-state index in [9.17, 15) is 4.79 Å². The smallest absolute Gasteiger partial charge is 0.257 e. The molecule has 8 nitrogen and oxygen atoms in total. The average Bonchev–Trinajstić information content (AvgIpc) is 3.43. The number of hydrogen-bond acceptors (Lipinski definition) is 7. The number of nitrogens with zero attached hydrogens (tertiary/aromatic N) is 4. The lowest BCUT2D eigenvalue weighted by molar-refractivity contribution is 0.102. The van der Waals surface area contributed by atoms with E-state index in [-0.39, 0.29) is 12.1 Å². The van der Waals surface area contributed by atoms with Crippen LogP contribution in [0.3, 0.4) is 0 Å². The second-order valence-electron chi connectivity index (χ2n) is 8.02. The van der Waals surface area contributed by atoms with Crippen LogP contribution in [0.2, 0.25) is 0 Å². The van der Waals surface area contributed by atoms with Gasteiger partial charge in [-0.05, 0) is 63.1 Å². The maximum atomic E-state index is 12.7. The highest BCUT2D eigenvalue weighted by Crippen LogP contribution is 2.36. The summed E-state index contributed by atoms with van der Waals surface area (Å²) in [5.41, 5.74) is 4.96. The molecule has 0 bridgehead atoms. The summed E-state index contributed by atoms with van der Waals surface area (Å²) in [4.78, 5) is 28.3. The van der Waals surface area contributed by atoms with Crippen LogP contribution in [0.15, 0.2) is 42.6 Å². The van der Waals surface area contributed by atoms with Crippen molar-refractivity contribution < 1.29 is 4.79 Å². The molecule has 0 saturated carbocycles. The average molecular weight is 416 g/mol. The Balaban J connectivity index is 1.27. The van der Waals surface area contributed by atoms with Gasteiger partial charge in [0.2, 0.25) is 0 Å². The van der Waals surface area contributed by atoms with Gasteiger partial charge in [-0.1, -0.05) is 0 Å². The van der Waals surface area contributed by atoms with Gasteiger partial charge in [0.1, 0.15) is 17.8 Å². The van der Waals surface area contributed by atoms with Crippen LogP contribution in [0.5, 0.6) is 0 Å². The molecule has 1 saturated heterocycles. The number of aryl methyl sites for hydroxylation is 2. The van der Waals surface area contributed by atoms with Crippen molar-refractivity contribution in [1.29, 1.82) is 0 Å². The molecule has 31 heavy (non-hydrogen) atoms. The van der Waals surface area contributed by atoms with Crippen LogP contribution in [0, 0.1) is 13.8 Å². The Bertz CT molecular complexity index is 1100. The van der Waals surface area contributed by atoms with Crippen LogP contribution in [0.4, 0.5) is 22.9 Å². The van der Waals surface area contributed by atoms with Crippen molar-refractivity contribution in [3.8, 4) is 0 Å². The number of pyridine rings is 1. The van der Waals surface area contributed by atoms with Crippen molar-refractivity contribution in [2.24, 2.45) is 0 Å². The lowest BCUT2D eigenvalue weighted by atomic mass is 10.2. The normalized spacial score (nSPS) is 17.1. The Kier molecular flexibility index (Phi) is 4.89. The molecule has 0 aliphatic carbocycles. The van der Waals surface area contributed by atoms with E-state index in [0.717, 1.165) is 53.2 Å². The number of carbonyl (C=O) groups excluding carboxylic acids is 1. The first-order valence-electron chi connectivity index (χ1n) is 10.6. The minimum atomic E-state index is -0.176. The highest BCUT2D eigenvalue weighted by molar-refractivity contribution is 6.04. The maximum Gasteiger partial charge on any atom is 0.257 e. The van der Waals surface area contributed by atoms with Gasteiger partial charge >= 0.3 is 0 Å². The molecule has 2 aliphatic heterocycles. The molecule has 1 atom stereocenters. The monoisotopic (exact) mass is 415 g/mol. The molecule has 0 radical (unpaired) electrons. The van der Waals surface area contributed by atoms with Crippen molar-refractivity contribution in [3.63, 3.8) is 0 Å². The third kappa shape index (κ3) is 4.01. The zero-order valence-corrected chi connectivity index (χ0v) is 17.6. The summed E-state index contributed by atoms with van der Waals surface area (Å²) >= 11 is 0. The predicted octanol–water partition coefficient (Wildman–Crippen LogP) is 3.88. The van der Waals surface area contributed by atoms with Gasteiger partial charge in [0.05, 0.1) is 22.6 Å². The van der Waals surface area contributed by atoms with Crippen LogP contribution in [-0.4, -0.2) is 33.9 Å². The number of fused-ring (bicyclic) bond motifs is 1. The van der Waals surface area contributed by atoms with Crippen molar-refractivity contribution in [2.75, 3.05) is 33.9 Å². The van der Waals surface area contributed by atoms with Crippen LogP contribution >= 0.6 is 0 Å². The van der Waals surface area contributed by atoms with E-state index >= 15 is 0 Å². The summed E-state index contributed by atoms with van der Waals surface area (Å²) < 4.78 is 0. The lowest BCUT2D eigenvalue weighted by Gasteiger charge is -2.16. The fraction of sp³-hybridized carbons (Fsp3) is 0.304. The Labute approximate surface area is 181 Å². The van der Waals surface area contributed by atoms with E-state index < -0.39 is 0 Å². The van der Waals surface area contributed by atoms with Gasteiger partial charge in [-0.25, -0.2) is 15.0 Å². The highest BCUT2D eigenvalue weighted by atomic mass is 16.1.